The fourth-order valence-corrected chi connectivity index (χ4v) is 17.4. The summed E-state index contributed by atoms with van der Waals surface area (Å²) in [6.45, 7) is 9.07. The Morgan fingerprint density at radius 1 is 0.400 bits per heavy atom. The van der Waals surface area contributed by atoms with Crippen molar-refractivity contribution in [2.24, 2.45) is 0 Å². The summed E-state index contributed by atoms with van der Waals surface area (Å²) in [4.78, 5) is 0. The van der Waals surface area contributed by atoms with Gasteiger partial charge in [-0.1, -0.05) is 0 Å². The van der Waals surface area contributed by atoms with Crippen molar-refractivity contribution in [2.75, 3.05) is 0 Å². The van der Waals surface area contributed by atoms with Crippen molar-refractivity contribution in [3.63, 3.8) is 0 Å². The molecule has 0 atom stereocenters. The molecule has 0 aliphatic rings. The molecule has 0 aromatic heterocycles. The van der Waals surface area contributed by atoms with E-state index in [1.807, 2.05) is 0 Å². The van der Waals surface area contributed by atoms with Crippen LogP contribution in [0.5, 0.6) is 0 Å². The molecule has 0 amide bonds. The van der Waals surface area contributed by atoms with Gasteiger partial charge in [0.1, 0.15) is 0 Å². The van der Waals surface area contributed by atoms with Gasteiger partial charge in [0.25, 0.3) is 0 Å². The van der Waals surface area contributed by atoms with Gasteiger partial charge in [-0.15, -0.1) is 0 Å². The van der Waals surface area contributed by atoms with Crippen LogP contribution in [0.2, 0.25) is 0 Å². The molecule has 0 aliphatic heterocycles. The molecule has 0 bridgehead atoms. The van der Waals surface area contributed by atoms with Crippen LogP contribution in [0.4, 0.5) is 0 Å². The summed E-state index contributed by atoms with van der Waals surface area (Å²) >= 11 is 2.90. The SMILES string of the molecule is Cc1ccccc1P(I)(c1ccccc1C)(c1ccccc1C)c1ccccc1C. The minimum absolute atomic E-state index is 1.35. The van der Waals surface area contributed by atoms with Crippen molar-refractivity contribution >= 4 is 47.5 Å². The molecule has 0 nitrogen and oxygen atoms in total. The van der Waals surface area contributed by atoms with Crippen LogP contribution in [0.3, 0.4) is 0 Å². The van der Waals surface area contributed by atoms with Crippen molar-refractivity contribution in [1.82, 2.24) is 0 Å². The van der Waals surface area contributed by atoms with Gasteiger partial charge in [0, 0.05) is 0 Å². The summed E-state index contributed by atoms with van der Waals surface area (Å²) in [6.07, 6.45) is 0. The monoisotopic (exact) mass is 522 g/mol. The third-order valence-corrected chi connectivity index (χ3v) is 18.1. The first-order valence-corrected chi connectivity index (χ1v) is 15.4. The molecule has 0 heterocycles. The number of hydrogen-bond donors (Lipinski definition) is 0. The summed E-state index contributed by atoms with van der Waals surface area (Å²) in [5.41, 5.74) is 5.39. The molecule has 2 heteroatoms. The van der Waals surface area contributed by atoms with Gasteiger partial charge in [0.2, 0.25) is 0 Å². The van der Waals surface area contributed by atoms with Gasteiger partial charge in [-0.2, -0.15) is 0 Å². The predicted molar refractivity (Wildman–Crippen MR) is 144 cm³/mol. The van der Waals surface area contributed by atoms with E-state index in [9.17, 15) is 0 Å². The third kappa shape index (κ3) is 2.98. The zero-order valence-corrected chi connectivity index (χ0v) is 21.1. The Morgan fingerprint density at radius 2 is 0.600 bits per heavy atom. The second kappa shape index (κ2) is 7.94. The van der Waals surface area contributed by atoms with E-state index in [2.05, 4.69) is 147 Å². The molecule has 0 saturated carbocycles. The first-order valence-electron chi connectivity index (χ1n) is 10.4. The second-order valence-electron chi connectivity index (χ2n) is 8.15. The Balaban J connectivity index is 2.37. The zero-order chi connectivity index (χ0) is 21.4. The van der Waals surface area contributed by atoms with Crippen LogP contribution >= 0.6 is 26.3 Å². The molecular weight excluding hydrogens is 494 g/mol. The quantitative estimate of drug-likeness (QED) is 0.214. The summed E-state index contributed by atoms with van der Waals surface area (Å²) in [6, 6.07) is 36.0. The predicted octanol–water partition coefficient (Wildman–Crippen LogP) is 6.43. The van der Waals surface area contributed by atoms with Crippen molar-refractivity contribution in [3.8, 4) is 0 Å². The maximum absolute atomic E-state index is 3.04. The summed E-state index contributed by atoms with van der Waals surface area (Å²) in [5.74, 6) is 0. The van der Waals surface area contributed by atoms with Gasteiger partial charge in [-0.05, 0) is 0 Å². The zero-order valence-electron chi connectivity index (χ0n) is 18.1. The normalized spacial score (nSPS) is 12.9. The van der Waals surface area contributed by atoms with Crippen LogP contribution in [-0.4, -0.2) is 0 Å². The molecule has 0 N–H and O–H groups in total. The number of hydrogen-bond acceptors (Lipinski definition) is 0. The average molecular weight is 522 g/mol. The van der Waals surface area contributed by atoms with Gasteiger partial charge in [0.05, 0.1) is 0 Å². The average Bonchev–Trinajstić information content (AvgIpc) is 2.75. The first kappa shape index (κ1) is 21.3. The van der Waals surface area contributed by atoms with Gasteiger partial charge in [0.15, 0.2) is 0 Å². The van der Waals surface area contributed by atoms with Gasteiger partial charge in [-0.25, -0.2) is 0 Å². The van der Waals surface area contributed by atoms with Crippen LogP contribution in [0.25, 0.3) is 0 Å². The Morgan fingerprint density at radius 3 is 0.800 bits per heavy atom. The molecule has 0 saturated heterocycles. The molecule has 4 aromatic carbocycles. The topological polar surface area (TPSA) is 0 Å². The molecule has 0 fully saturated rings. The van der Waals surface area contributed by atoms with E-state index in [1.165, 1.54) is 43.5 Å². The molecular formula is C28H28IP. The number of benzene rings is 4. The van der Waals surface area contributed by atoms with Crippen molar-refractivity contribution in [1.29, 1.82) is 0 Å². The second-order valence-corrected chi connectivity index (χ2v) is 17.9. The van der Waals surface area contributed by atoms with E-state index in [0.29, 0.717) is 0 Å². The molecule has 152 valence electrons. The van der Waals surface area contributed by atoms with E-state index in [1.54, 1.807) is 0 Å². The molecule has 0 spiro atoms. The molecule has 4 rings (SSSR count). The fraction of sp³-hybridized carbons (Fsp3) is 0.143. The van der Waals surface area contributed by atoms with Crippen LogP contribution in [0.1, 0.15) is 22.3 Å². The summed E-state index contributed by atoms with van der Waals surface area (Å²) in [7, 11) is 0. The Kier molecular flexibility index (Phi) is 5.64. The third-order valence-electron chi connectivity index (χ3n) is 6.27. The van der Waals surface area contributed by atoms with E-state index >= 15 is 0 Å². The van der Waals surface area contributed by atoms with Crippen LogP contribution < -0.4 is 21.2 Å². The molecule has 0 aliphatic carbocycles. The summed E-state index contributed by atoms with van der Waals surface area (Å²) in [5, 5.41) is 5.79. The van der Waals surface area contributed by atoms with Crippen molar-refractivity contribution < 1.29 is 0 Å². The Labute approximate surface area is 193 Å². The molecule has 0 unspecified atom stereocenters. The number of rotatable bonds is 4. The Hall–Kier alpha value is -1.96. The van der Waals surface area contributed by atoms with Crippen LogP contribution in [0, 0.1) is 27.7 Å². The standard InChI is InChI=1S/C28H28IP/c1-21-13-5-9-17-25(21)30(29,26-18-10-6-14-22(26)2,27-19-11-7-15-23(27)3)28-20-12-8-16-24(28)4/h5-20H,1-4H3. The molecule has 30 heavy (non-hydrogen) atoms. The Bertz CT molecular complexity index is 1030. The van der Waals surface area contributed by atoms with E-state index in [0.717, 1.165) is 0 Å². The van der Waals surface area contributed by atoms with Gasteiger partial charge < -0.3 is 0 Å². The fourth-order valence-electron chi connectivity index (χ4n) is 4.92. The molecule has 0 radical (unpaired) electrons. The van der Waals surface area contributed by atoms with Crippen LogP contribution in [0.15, 0.2) is 97.1 Å². The first-order chi connectivity index (χ1) is 14.4. The molecule has 4 aromatic rings. The maximum atomic E-state index is 2.90. The van der Waals surface area contributed by atoms with E-state index in [-0.39, 0.29) is 0 Å². The van der Waals surface area contributed by atoms with Gasteiger partial charge in [-0.3, -0.25) is 0 Å². The van der Waals surface area contributed by atoms with Crippen LogP contribution in [-0.2, 0) is 0 Å². The van der Waals surface area contributed by atoms with E-state index in [4.69, 9.17) is 0 Å². The van der Waals surface area contributed by atoms with E-state index < -0.39 is 4.25 Å². The number of halogens is 1. The summed E-state index contributed by atoms with van der Waals surface area (Å²) < 4.78 is -3.04. The minimum atomic E-state index is -3.04. The van der Waals surface area contributed by atoms with Crippen molar-refractivity contribution in [2.45, 2.75) is 27.7 Å². The van der Waals surface area contributed by atoms with Gasteiger partial charge >= 0.3 is 195 Å². The van der Waals surface area contributed by atoms with Crippen molar-refractivity contribution in [3.05, 3.63) is 119 Å². The number of aryl methyl sites for hydroxylation is 4.